The molecule has 2 aromatic carbocycles. The first-order valence-electron chi connectivity index (χ1n) is 10.8. The van der Waals surface area contributed by atoms with E-state index in [0.29, 0.717) is 22.3 Å². The second kappa shape index (κ2) is 8.89. The van der Waals surface area contributed by atoms with Crippen LogP contribution in [0.25, 0.3) is 10.9 Å². The standard InChI is InChI=1S/C27H24F3N3O/c1-26(2,3)21-7-5-15-32-24(21)23(18-10-12-20(13-11-18)27(28,29)30)33-25(34)19-9-8-17-6-4-14-31-22(17)16-19/h4-16,23H,1-3H3,(H,33,34). The molecular weight excluding hydrogens is 439 g/mol. The van der Waals surface area contributed by atoms with Crippen LogP contribution in [0.3, 0.4) is 0 Å². The van der Waals surface area contributed by atoms with Gasteiger partial charge < -0.3 is 5.32 Å². The lowest BCUT2D eigenvalue weighted by atomic mass is 9.83. The number of hydrogen-bond donors (Lipinski definition) is 1. The van der Waals surface area contributed by atoms with E-state index in [9.17, 15) is 18.0 Å². The van der Waals surface area contributed by atoms with Crippen molar-refractivity contribution in [2.75, 3.05) is 0 Å². The minimum atomic E-state index is -4.45. The Balaban J connectivity index is 1.77. The molecule has 0 aliphatic rings. The highest BCUT2D eigenvalue weighted by Gasteiger charge is 2.31. The summed E-state index contributed by atoms with van der Waals surface area (Å²) < 4.78 is 39.4. The van der Waals surface area contributed by atoms with E-state index in [0.717, 1.165) is 23.1 Å². The molecule has 34 heavy (non-hydrogen) atoms. The highest BCUT2D eigenvalue weighted by Crippen LogP contribution is 2.34. The van der Waals surface area contributed by atoms with E-state index >= 15 is 0 Å². The van der Waals surface area contributed by atoms with Crippen LogP contribution in [0.4, 0.5) is 13.2 Å². The summed E-state index contributed by atoms with van der Waals surface area (Å²) in [5, 5.41) is 3.89. The van der Waals surface area contributed by atoms with Gasteiger partial charge in [-0.1, -0.05) is 51.1 Å². The summed E-state index contributed by atoms with van der Waals surface area (Å²) in [7, 11) is 0. The maximum absolute atomic E-state index is 13.3. The van der Waals surface area contributed by atoms with Crippen LogP contribution >= 0.6 is 0 Å². The fourth-order valence-electron chi connectivity index (χ4n) is 3.88. The molecule has 0 bridgehead atoms. The lowest BCUT2D eigenvalue weighted by Gasteiger charge is -2.27. The fourth-order valence-corrected chi connectivity index (χ4v) is 3.88. The van der Waals surface area contributed by atoms with Gasteiger partial charge in [-0.05, 0) is 52.9 Å². The molecule has 4 aromatic rings. The van der Waals surface area contributed by atoms with Crippen LogP contribution in [0, 0.1) is 0 Å². The summed E-state index contributed by atoms with van der Waals surface area (Å²) in [6.07, 6.45) is -1.18. The van der Waals surface area contributed by atoms with Crippen molar-refractivity contribution < 1.29 is 18.0 Å². The van der Waals surface area contributed by atoms with Gasteiger partial charge in [-0.3, -0.25) is 14.8 Å². The third-order valence-corrected chi connectivity index (χ3v) is 5.63. The normalized spacial score (nSPS) is 13.0. The van der Waals surface area contributed by atoms with Crippen LogP contribution in [0.2, 0.25) is 0 Å². The summed E-state index contributed by atoms with van der Waals surface area (Å²) >= 11 is 0. The summed E-state index contributed by atoms with van der Waals surface area (Å²) in [6, 6.07) is 16.7. The van der Waals surface area contributed by atoms with Crippen LogP contribution in [-0.4, -0.2) is 15.9 Å². The van der Waals surface area contributed by atoms with Gasteiger partial charge in [-0.25, -0.2) is 0 Å². The van der Waals surface area contributed by atoms with Crippen molar-refractivity contribution in [3.63, 3.8) is 0 Å². The summed E-state index contributed by atoms with van der Waals surface area (Å²) in [6.45, 7) is 6.07. The van der Waals surface area contributed by atoms with Crippen molar-refractivity contribution in [3.05, 3.63) is 107 Å². The van der Waals surface area contributed by atoms with Gasteiger partial charge in [0.05, 0.1) is 22.8 Å². The van der Waals surface area contributed by atoms with E-state index in [2.05, 4.69) is 15.3 Å². The van der Waals surface area contributed by atoms with E-state index in [1.54, 1.807) is 24.5 Å². The summed E-state index contributed by atoms with van der Waals surface area (Å²) in [5.74, 6) is -0.372. The first-order valence-corrected chi connectivity index (χ1v) is 10.8. The minimum absolute atomic E-state index is 0.300. The Bertz CT molecular complexity index is 1330. The smallest absolute Gasteiger partial charge is 0.340 e. The molecule has 1 unspecified atom stereocenters. The van der Waals surface area contributed by atoms with E-state index in [1.807, 2.05) is 51.1 Å². The number of nitrogens with zero attached hydrogens (tertiary/aromatic N) is 2. The molecule has 0 radical (unpaired) electrons. The Kier molecular flexibility index (Phi) is 6.13. The molecule has 7 heteroatoms. The molecule has 4 nitrogen and oxygen atoms in total. The van der Waals surface area contributed by atoms with Gasteiger partial charge in [-0.2, -0.15) is 13.2 Å². The Morgan fingerprint density at radius 2 is 1.56 bits per heavy atom. The van der Waals surface area contributed by atoms with Crippen molar-refractivity contribution in [1.82, 2.24) is 15.3 Å². The monoisotopic (exact) mass is 463 g/mol. The molecule has 0 aliphatic heterocycles. The number of fused-ring (bicyclic) bond motifs is 1. The van der Waals surface area contributed by atoms with Gasteiger partial charge in [-0.15, -0.1) is 0 Å². The Morgan fingerprint density at radius 3 is 2.24 bits per heavy atom. The van der Waals surface area contributed by atoms with E-state index in [4.69, 9.17) is 0 Å². The molecule has 2 aromatic heterocycles. The molecule has 174 valence electrons. The average molecular weight is 464 g/mol. The van der Waals surface area contributed by atoms with Gasteiger partial charge in [0.1, 0.15) is 0 Å². The number of amides is 1. The number of carbonyl (C=O) groups is 1. The predicted molar refractivity (Wildman–Crippen MR) is 125 cm³/mol. The summed E-state index contributed by atoms with van der Waals surface area (Å²) in [5.41, 5.74) is 2.00. The minimum Gasteiger partial charge on any atom is -0.340 e. The number of aromatic nitrogens is 2. The Hall–Kier alpha value is -3.74. The van der Waals surface area contributed by atoms with Gasteiger partial charge in [0.2, 0.25) is 0 Å². The Morgan fingerprint density at radius 1 is 0.882 bits per heavy atom. The topological polar surface area (TPSA) is 54.9 Å². The Labute approximate surface area is 195 Å². The van der Waals surface area contributed by atoms with E-state index in [-0.39, 0.29) is 11.3 Å². The second-order valence-electron chi connectivity index (χ2n) is 9.12. The molecule has 0 fully saturated rings. The maximum atomic E-state index is 13.3. The van der Waals surface area contributed by atoms with Crippen molar-refractivity contribution in [2.24, 2.45) is 0 Å². The van der Waals surface area contributed by atoms with Crippen molar-refractivity contribution in [1.29, 1.82) is 0 Å². The first kappa shape index (κ1) is 23.4. The number of alkyl halides is 3. The van der Waals surface area contributed by atoms with Gasteiger partial charge >= 0.3 is 6.18 Å². The molecule has 1 N–H and O–H groups in total. The zero-order valence-corrected chi connectivity index (χ0v) is 19.0. The van der Waals surface area contributed by atoms with Gasteiger partial charge in [0.25, 0.3) is 5.91 Å². The number of halogens is 3. The average Bonchev–Trinajstić information content (AvgIpc) is 2.81. The molecule has 0 spiro atoms. The number of nitrogens with one attached hydrogen (secondary N) is 1. The number of benzene rings is 2. The van der Waals surface area contributed by atoms with Gasteiger partial charge in [0, 0.05) is 23.3 Å². The predicted octanol–water partition coefficient (Wildman–Crippen LogP) is 6.47. The second-order valence-corrected chi connectivity index (χ2v) is 9.12. The molecule has 0 aliphatic carbocycles. The summed E-state index contributed by atoms with van der Waals surface area (Å²) in [4.78, 5) is 22.1. The van der Waals surface area contributed by atoms with E-state index in [1.165, 1.54) is 12.1 Å². The lowest BCUT2D eigenvalue weighted by molar-refractivity contribution is -0.137. The zero-order valence-electron chi connectivity index (χ0n) is 19.0. The molecule has 2 heterocycles. The van der Waals surface area contributed by atoms with E-state index < -0.39 is 17.8 Å². The zero-order chi connectivity index (χ0) is 24.5. The highest BCUT2D eigenvalue weighted by molar-refractivity contribution is 5.98. The van der Waals surface area contributed by atoms with Crippen LogP contribution in [0.15, 0.2) is 79.1 Å². The number of pyridine rings is 2. The molecule has 0 saturated heterocycles. The van der Waals surface area contributed by atoms with Crippen LogP contribution in [-0.2, 0) is 11.6 Å². The third-order valence-electron chi connectivity index (χ3n) is 5.63. The number of rotatable bonds is 4. The molecular formula is C27H24F3N3O. The van der Waals surface area contributed by atoms with Crippen LogP contribution in [0.5, 0.6) is 0 Å². The molecule has 4 rings (SSSR count). The SMILES string of the molecule is CC(C)(C)c1cccnc1C(NC(=O)c1ccc2cccnc2c1)c1ccc(C(F)(F)F)cc1. The largest absolute Gasteiger partial charge is 0.416 e. The first-order chi connectivity index (χ1) is 16.0. The third kappa shape index (κ3) is 4.93. The highest BCUT2D eigenvalue weighted by atomic mass is 19.4. The van der Waals surface area contributed by atoms with Crippen molar-refractivity contribution in [2.45, 2.75) is 38.4 Å². The quantitative estimate of drug-likeness (QED) is 0.378. The molecule has 0 saturated carbocycles. The van der Waals surface area contributed by atoms with Crippen LogP contribution in [0.1, 0.15) is 59.6 Å². The van der Waals surface area contributed by atoms with Gasteiger partial charge in [0.15, 0.2) is 0 Å². The lowest BCUT2D eigenvalue weighted by Crippen LogP contribution is -2.32. The van der Waals surface area contributed by atoms with Crippen LogP contribution < -0.4 is 5.32 Å². The van der Waals surface area contributed by atoms with Crippen molar-refractivity contribution in [3.8, 4) is 0 Å². The number of carbonyl (C=O) groups excluding carboxylic acids is 1. The van der Waals surface area contributed by atoms with Crippen molar-refractivity contribution >= 4 is 16.8 Å². The molecule has 1 atom stereocenters. The maximum Gasteiger partial charge on any atom is 0.416 e. The number of hydrogen-bond acceptors (Lipinski definition) is 3. The fraction of sp³-hybridized carbons (Fsp3) is 0.222. The molecule has 1 amide bonds.